The molecule has 3 aromatic heterocycles. The van der Waals surface area contributed by atoms with Crippen LogP contribution < -0.4 is 4.90 Å². The van der Waals surface area contributed by atoms with Gasteiger partial charge in [-0.2, -0.15) is 0 Å². The monoisotopic (exact) mass is 939 g/mol. The quantitative estimate of drug-likeness (QED) is 0.112. The third-order valence-corrected chi connectivity index (χ3v) is 9.16. The number of hydrogen-bond donors (Lipinski definition) is 0. The van der Waals surface area contributed by atoms with Crippen LogP contribution in [0.2, 0.25) is 0 Å². The van der Waals surface area contributed by atoms with Crippen LogP contribution >= 0.6 is 0 Å². The van der Waals surface area contributed by atoms with Crippen molar-refractivity contribution in [2.24, 2.45) is 0 Å². The first-order chi connectivity index (χ1) is 28.7. The Bertz CT molecular complexity index is 2490. The van der Waals surface area contributed by atoms with Crippen LogP contribution in [0.3, 0.4) is 0 Å². The van der Waals surface area contributed by atoms with Gasteiger partial charge in [-0.3, -0.25) is 4.98 Å². The number of rotatable bonds is 8. The largest absolute Gasteiger partial charge is 0.311 e. The Labute approximate surface area is 361 Å². The number of nitrogens with zero attached hydrogens (tertiary/aromatic N) is 4. The van der Waals surface area contributed by atoms with Crippen molar-refractivity contribution in [3.05, 3.63) is 254 Å². The van der Waals surface area contributed by atoms with Crippen LogP contribution in [0.5, 0.6) is 0 Å². The molecular formula is C54H42IrN4-2. The molecule has 5 heteroatoms. The molecule has 0 fully saturated rings. The fraction of sp³-hybridized carbons (Fsp3) is 0.0185. The minimum Gasteiger partial charge on any atom is -0.311 e. The zero-order chi connectivity index (χ0) is 39.6. The zero-order valence-electron chi connectivity index (χ0n) is 32.6. The predicted molar refractivity (Wildman–Crippen MR) is 241 cm³/mol. The van der Waals surface area contributed by atoms with Crippen LogP contribution in [-0.4, -0.2) is 15.0 Å². The van der Waals surface area contributed by atoms with E-state index in [1.165, 1.54) is 11.1 Å². The summed E-state index contributed by atoms with van der Waals surface area (Å²) in [5, 5.41) is 0. The number of anilines is 3. The van der Waals surface area contributed by atoms with E-state index in [0.29, 0.717) is 0 Å². The first-order valence-electron chi connectivity index (χ1n) is 19.2. The van der Waals surface area contributed by atoms with E-state index in [4.69, 9.17) is 0 Å². The van der Waals surface area contributed by atoms with Gasteiger partial charge >= 0.3 is 0 Å². The molecule has 1 radical (unpaired) electrons. The van der Waals surface area contributed by atoms with Gasteiger partial charge in [0, 0.05) is 61.3 Å². The van der Waals surface area contributed by atoms with E-state index < -0.39 is 0 Å². The number of hydrogen-bond acceptors (Lipinski definition) is 4. The van der Waals surface area contributed by atoms with Crippen LogP contribution in [-0.2, 0) is 20.1 Å². The van der Waals surface area contributed by atoms with Crippen molar-refractivity contribution < 1.29 is 20.1 Å². The zero-order valence-corrected chi connectivity index (χ0v) is 35.0. The maximum absolute atomic E-state index is 4.39. The van der Waals surface area contributed by atoms with Crippen LogP contribution in [0.1, 0.15) is 16.7 Å². The molecule has 0 aliphatic carbocycles. The first kappa shape index (κ1) is 41.6. The van der Waals surface area contributed by atoms with Gasteiger partial charge in [-0.25, -0.2) is 0 Å². The topological polar surface area (TPSA) is 41.9 Å². The van der Waals surface area contributed by atoms with Gasteiger partial charge in [-0.15, -0.1) is 71.3 Å². The summed E-state index contributed by atoms with van der Waals surface area (Å²) in [6.45, 7) is 2.10. The molecule has 0 unspecified atom stereocenters. The molecule has 4 nitrogen and oxygen atoms in total. The SMILES string of the molecule is Cc1ccccc1-c1ccccn1.[Ir].[c-]1cc(C=Cc2ccc(N(c3ccccc3)c3ccccc3)cc2)ccc1-c1ccccn1.[c-]1ccccc1-c1ccccn1. The van der Waals surface area contributed by atoms with Crippen molar-refractivity contribution in [3.8, 4) is 33.8 Å². The molecule has 6 aromatic carbocycles. The number of aryl methyl sites for hydroxylation is 1. The van der Waals surface area contributed by atoms with Crippen molar-refractivity contribution in [2.45, 2.75) is 6.92 Å². The Morgan fingerprint density at radius 3 is 1.39 bits per heavy atom. The summed E-state index contributed by atoms with van der Waals surface area (Å²) in [5.74, 6) is 0. The molecule has 0 aliphatic rings. The van der Waals surface area contributed by atoms with E-state index in [1.54, 1.807) is 12.4 Å². The summed E-state index contributed by atoms with van der Waals surface area (Å²) in [6, 6.07) is 76.0. The Hall–Kier alpha value is -7.04. The standard InChI is InChI=1S/C31H23N2.C12H11N.C11H8N.Ir/c1-3-9-28(10-4-1)33(29-11-5-2-6-12-29)30-22-18-26(19-23-30)15-14-25-16-20-27(21-17-25)31-13-7-8-24-32-31;1-10-6-2-3-7-11(10)12-8-4-5-9-13-12;1-2-6-10(7-3-1)11-8-4-5-9-12-11;/h1-20,22-24H;2-9H,1H3;1-6,8-9H;/q-1;;-1;. The second-order valence-electron chi connectivity index (χ2n) is 13.2. The summed E-state index contributed by atoms with van der Waals surface area (Å²) in [7, 11) is 0. The molecule has 0 spiro atoms. The number of para-hydroxylation sites is 2. The molecule has 9 rings (SSSR count). The molecule has 59 heavy (non-hydrogen) atoms. The summed E-state index contributed by atoms with van der Waals surface area (Å²) in [4.78, 5) is 15.2. The second-order valence-corrected chi connectivity index (χ2v) is 13.2. The Balaban J connectivity index is 0.000000183. The predicted octanol–water partition coefficient (Wildman–Crippen LogP) is 13.8. The minimum absolute atomic E-state index is 0. The van der Waals surface area contributed by atoms with Gasteiger partial charge in [0.15, 0.2) is 0 Å². The Morgan fingerprint density at radius 2 is 0.881 bits per heavy atom. The van der Waals surface area contributed by atoms with Gasteiger partial charge in [0.1, 0.15) is 0 Å². The third-order valence-electron chi connectivity index (χ3n) is 9.16. The van der Waals surface area contributed by atoms with Gasteiger partial charge in [-0.05, 0) is 90.1 Å². The maximum atomic E-state index is 4.39. The fourth-order valence-corrected chi connectivity index (χ4v) is 6.21. The molecule has 289 valence electrons. The number of pyridine rings is 3. The van der Waals surface area contributed by atoms with Crippen LogP contribution in [0.4, 0.5) is 17.1 Å². The van der Waals surface area contributed by atoms with Crippen molar-refractivity contribution >= 4 is 29.2 Å². The smallest absolute Gasteiger partial charge is 0.0704 e. The Kier molecular flexibility index (Phi) is 15.5. The van der Waals surface area contributed by atoms with E-state index in [9.17, 15) is 0 Å². The minimum atomic E-state index is 0. The number of aromatic nitrogens is 3. The third kappa shape index (κ3) is 12.0. The maximum Gasteiger partial charge on any atom is 0.0704 e. The van der Waals surface area contributed by atoms with Crippen molar-refractivity contribution in [3.63, 3.8) is 0 Å². The normalized spacial score (nSPS) is 10.3. The molecule has 0 saturated carbocycles. The van der Waals surface area contributed by atoms with Crippen LogP contribution in [0.15, 0.2) is 225 Å². The van der Waals surface area contributed by atoms with Crippen LogP contribution in [0.25, 0.3) is 45.9 Å². The average molecular weight is 939 g/mol. The molecule has 3 heterocycles. The molecule has 0 aliphatic heterocycles. The van der Waals surface area contributed by atoms with Gasteiger partial charge in [0.2, 0.25) is 0 Å². The van der Waals surface area contributed by atoms with E-state index in [0.717, 1.165) is 56.4 Å². The summed E-state index contributed by atoms with van der Waals surface area (Å²) in [5.41, 5.74) is 13.1. The second kappa shape index (κ2) is 22.0. The van der Waals surface area contributed by atoms with Gasteiger partial charge < -0.3 is 14.9 Å². The molecule has 0 amide bonds. The van der Waals surface area contributed by atoms with Gasteiger partial charge in [-0.1, -0.05) is 115 Å². The van der Waals surface area contributed by atoms with Gasteiger partial charge in [0.05, 0.1) is 5.69 Å². The summed E-state index contributed by atoms with van der Waals surface area (Å²) < 4.78 is 0. The Morgan fingerprint density at radius 1 is 0.407 bits per heavy atom. The van der Waals surface area contributed by atoms with E-state index in [2.05, 4.69) is 148 Å². The molecular weight excluding hydrogens is 897 g/mol. The first-order valence-corrected chi connectivity index (χ1v) is 19.2. The summed E-state index contributed by atoms with van der Waals surface area (Å²) in [6.07, 6.45) is 9.65. The summed E-state index contributed by atoms with van der Waals surface area (Å²) >= 11 is 0. The van der Waals surface area contributed by atoms with E-state index in [1.807, 2.05) is 115 Å². The average Bonchev–Trinajstić information content (AvgIpc) is 3.31. The van der Waals surface area contributed by atoms with E-state index in [-0.39, 0.29) is 20.1 Å². The van der Waals surface area contributed by atoms with Gasteiger partial charge in [0.25, 0.3) is 0 Å². The number of benzene rings is 6. The molecule has 0 saturated heterocycles. The van der Waals surface area contributed by atoms with Crippen molar-refractivity contribution in [1.82, 2.24) is 15.0 Å². The van der Waals surface area contributed by atoms with E-state index >= 15 is 0 Å². The van der Waals surface area contributed by atoms with Crippen molar-refractivity contribution in [1.29, 1.82) is 0 Å². The van der Waals surface area contributed by atoms with Crippen molar-refractivity contribution in [2.75, 3.05) is 4.90 Å². The van der Waals surface area contributed by atoms with Crippen LogP contribution in [0, 0.1) is 19.1 Å². The molecule has 9 aromatic rings. The fourth-order valence-electron chi connectivity index (χ4n) is 6.21. The molecule has 0 atom stereocenters. The molecule has 0 N–H and O–H groups in total. The molecule has 0 bridgehead atoms.